The molecule has 0 radical (unpaired) electrons. The van der Waals surface area contributed by atoms with Crippen LogP contribution in [0.3, 0.4) is 0 Å². The summed E-state index contributed by atoms with van der Waals surface area (Å²) in [7, 11) is 0. The molecule has 1 aromatic carbocycles. The quantitative estimate of drug-likeness (QED) is 0.0313. The van der Waals surface area contributed by atoms with Gasteiger partial charge in [-0.15, -0.1) is 0 Å². The molecule has 0 aliphatic heterocycles. The molecule has 0 unspecified atom stereocenters. The Morgan fingerprint density at radius 2 is 1.34 bits per heavy atom. The number of hydrogen-bond acceptors (Lipinski definition) is 10. The number of H-pyrrole nitrogens is 1. The summed E-state index contributed by atoms with van der Waals surface area (Å²) in [4.78, 5) is 98.7. The van der Waals surface area contributed by atoms with Gasteiger partial charge in [0.25, 0.3) is 0 Å². The average molecular weight is 816 g/mol. The van der Waals surface area contributed by atoms with Gasteiger partial charge in [-0.2, -0.15) is 0 Å². The van der Waals surface area contributed by atoms with Crippen LogP contribution in [0, 0.1) is 17.8 Å². The molecular weight excluding hydrogens is 754 g/mol. The predicted octanol–water partition coefficient (Wildman–Crippen LogP) is -1.93. The fourth-order valence-electron chi connectivity index (χ4n) is 5.92. The molecule has 15 N–H and O–H groups in total. The summed E-state index contributed by atoms with van der Waals surface area (Å²) in [5.74, 6) is -6.81. The number of fused-ring (bicyclic) bond motifs is 1. The Morgan fingerprint density at radius 3 is 1.91 bits per heavy atom. The number of nitrogens with zero attached hydrogens (tertiary/aromatic N) is 1. The first-order valence-corrected chi connectivity index (χ1v) is 19.2. The standard InChI is InChI=1S/C38H61N11O9/c1-19(2)14-27(34(54)46-26(37(57)58)12-9-13-42-38(40)41)45-29(51)17-44-33(53)28(15-22-16-43-25-11-8-7-10-23(22)25)47-35(55)30(20(3)4)49-36(56)31(21(5)6)48-32(52)24(39)18-50/h7-8,10-11,16,19-21,24,26-28,30-31,43,50H,9,12-15,17-18,39H2,1-6H3,(H,44,53)(H,45,51)(H,46,54)(H,47,55)(H,48,52)(H,49,56)(H,57,58)(H4,40,41,42)/t24-,26-,27-,28-,30-,31-/m0/s1. The first-order chi connectivity index (χ1) is 27.2. The van der Waals surface area contributed by atoms with E-state index < -0.39 is 103 Å². The number of aromatic amines is 1. The third-order valence-electron chi connectivity index (χ3n) is 9.10. The van der Waals surface area contributed by atoms with Crippen molar-refractivity contribution in [3.63, 3.8) is 0 Å². The van der Waals surface area contributed by atoms with Gasteiger partial charge in [0.05, 0.1) is 13.2 Å². The van der Waals surface area contributed by atoms with Crippen molar-refractivity contribution in [2.75, 3.05) is 19.7 Å². The number of aliphatic imine (C=N–C) groups is 1. The van der Waals surface area contributed by atoms with Crippen molar-refractivity contribution in [2.45, 2.75) is 103 Å². The zero-order chi connectivity index (χ0) is 43.7. The van der Waals surface area contributed by atoms with E-state index in [4.69, 9.17) is 17.2 Å². The van der Waals surface area contributed by atoms with Crippen LogP contribution in [0.4, 0.5) is 0 Å². The highest BCUT2D eigenvalue weighted by atomic mass is 16.4. The molecule has 0 saturated carbocycles. The Labute approximate surface area is 337 Å². The molecule has 58 heavy (non-hydrogen) atoms. The van der Waals surface area contributed by atoms with Crippen LogP contribution in [-0.4, -0.2) is 119 Å². The van der Waals surface area contributed by atoms with Crippen LogP contribution >= 0.6 is 0 Å². The zero-order valence-electron chi connectivity index (χ0n) is 34.0. The van der Waals surface area contributed by atoms with E-state index in [1.807, 2.05) is 38.1 Å². The smallest absolute Gasteiger partial charge is 0.326 e. The number of aliphatic hydroxyl groups excluding tert-OH is 1. The molecule has 0 saturated heterocycles. The maximum Gasteiger partial charge on any atom is 0.326 e. The van der Waals surface area contributed by atoms with Crippen molar-refractivity contribution in [3.05, 3.63) is 36.0 Å². The lowest BCUT2D eigenvalue weighted by Crippen LogP contribution is -2.60. The van der Waals surface area contributed by atoms with Gasteiger partial charge >= 0.3 is 5.97 Å². The molecule has 0 aliphatic carbocycles. The number of carboxylic acids is 1. The average Bonchev–Trinajstić information content (AvgIpc) is 3.56. The normalized spacial score (nSPS) is 14.4. The van der Waals surface area contributed by atoms with E-state index in [9.17, 15) is 43.8 Å². The van der Waals surface area contributed by atoms with Crippen molar-refractivity contribution in [3.8, 4) is 0 Å². The number of carbonyl (C=O) groups is 7. The zero-order valence-corrected chi connectivity index (χ0v) is 34.0. The van der Waals surface area contributed by atoms with Gasteiger partial charge < -0.3 is 64.3 Å². The predicted molar refractivity (Wildman–Crippen MR) is 216 cm³/mol. The highest BCUT2D eigenvalue weighted by molar-refractivity contribution is 5.97. The van der Waals surface area contributed by atoms with Crippen molar-refractivity contribution in [1.82, 2.24) is 36.9 Å². The summed E-state index contributed by atoms with van der Waals surface area (Å²) in [5.41, 5.74) is 17.7. The number of aromatic nitrogens is 1. The summed E-state index contributed by atoms with van der Waals surface area (Å²) in [5, 5.41) is 35.2. The number of nitrogens with one attached hydrogen (secondary N) is 7. The van der Waals surface area contributed by atoms with Crippen LogP contribution in [0.25, 0.3) is 10.9 Å². The molecule has 0 spiro atoms. The van der Waals surface area contributed by atoms with Crippen molar-refractivity contribution >= 4 is 58.3 Å². The third-order valence-corrected chi connectivity index (χ3v) is 9.10. The fraction of sp³-hybridized carbons (Fsp3) is 0.579. The van der Waals surface area contributed by atoms with Crippen molar-refractivity contribution < 1.29 is 43.8 Å². The molecule has 6 atom stereocenters. The number of para-hydroxylation sites is 1. The van der Waals surface area contributed by atoms with Crippen molar-refractivity contribution in [1.29, 1.82) is 0 Å². The number of carbonyl (C=O) groups excluding carboxylic acids is 6. The Morgan fingerprint density at radius 1 is 0.759 bits per heavy atom. The summed E-state index contributed by atoms with van der Waals surface area (Å²) < 4.78 is 0. The summed E-state index contributed by atoms with van der Waals surface area (Å²) in [6, 6.07) is 0.117. The van der Waals surface area contributed by atoms with Gasteiger partial charge in [0, 0.05) is 30.1 Å². The van der Waals surface area contributed by atoms with E-state index in [-0.39, 0.29) is 44.1 Å². The number of benzene rings is 1. The molecule has 0 aliphatic rings. The molecule has 0 fully saturated rings. The minimum atomic E-state index is -1.28. The van der Waals surface area contributed by atoms with E-state index >= 15 is 0 Å². The summed E-state index contributed by atoms with van der Waals surface area (Å²) in [6.07, 6.45) is 2.11. The monoisotopic (exact) mass is 815 g/mol. The lowest BCUT2D eigenvalue weighted by molar-refractivity contribution is -0.142. The van der Waals surface area contributed by atoms with E-state index in [1.165, 1.54) is 0 Å². The van der Waals surface area contributed by atoms with E-state index in [1.54, 1.807) is 33.9 Å². The molecule has 1 heterocycles. The molecule has 322 valence electrons. The maximum absolute atomic E-state index is 13.9. The maximum atomic E-state index is 13.9. The Hall–Kier alpha value is -5.76. The second-order valence-corrected chi connectivity index (χ2v) is 15.2. The number of guanidine groups is 1. The molecule has 6 amide bonds. The van der Waals surface area contributed by atoms with E-state index in [2.05, 4.69) is 41.9 Å². The van der Waals surface area contributed by atoms with Crippen LogP contribution in [-0.2, 0) is 40.0 Å². The number of amides is 6. The van der Waals surface area contributed by atoms with Crippen LogP contribution in [0.1, 0.15) is 66.4 Å². The molecule has 2 rings (SSSR count). The van der Waals surface area contributed by atoms with Crippen molar-refractivity contribution in [2.24, 2.45) is 39.9 Å². The first kappa shape index (κ1) is 48.4. The number of carboxylic acid groups (broad SMARTS) is 1. The first-order valence-electron chi connectivity index (χ1n) is 19.2. The number of nitrogens with two attached hydrogens (primary N) is 3. The molecular formula is C38H61N11O9. The highest BCUT2D eigenvalue weighted by Crippen LogP contribution is 2.19. The largest absolute Gasteiger partial charge is 0.480 e. The van der Waals surface area contributed by atoms with Gasteiger partial charge in [-0.05, 0) is 48.6 Å². The lowest BCUT2D eigenvalue weighted by Gasteiger charge is -2.29. The van der Waals surface area contributed by atoms with E-state index in [0.717, 1.165) is 10.9 Å². The van der Waals surface area contributed by atoms with Gasteiger partial charge in [-0.3, -0.25) is 33.8 Å². The van der Waals surface area contributed by atoms with E-state index in [0.29, 0.717) is 5.56 Å². The Kier molecular flexibility index (Phi) is 19.6. The molecule has 0 bridgehead atoms. The third kappa shape index (κ3) is 15.6. The SMILES string of the molecule is CC(C)C[C@H](NC(=O)CNC(=O)[C@H](Cc1c[nH]c2ccccc12)NC(=O)[C@@H](NC(=O)[C@@H](NC(=O)[C@@H](N)CO)C(C)C)C(C)C)C(=O)N[C@@H](CCCN=C(N)N)C(=O)O. The van der Waals surface area contributed by atoms with Crippen LogP contribution in [0.2, 0.25) is 0 Å². The second-order valence-electron chi connectivity index (χ2n) is 15.2. The number of aliphatic hydroxyl groups is 1. The molecule has 20 heteroatoms. The number of hydrogen-bond donors (Lipinski definition) is 12. The second kappa shape index (κ2) is 23.5. The van der Waals surface area contributed by atoms with Gasteiger partial charge in [-0.25, -0.2) is 4.79 Å². The van der Waals surface area contributed by atoms with Gasteiger partial charge in [-0.1, -0.05) is 59.7 Å². The lowest BCUT2D eigenvalue weighted by atomic mass is 9.98. The minimum Gasteiger partial charge on any atom is -0.480 e. The summed E-state index contributed by atoms with van der Waals surface area (Å²) in [6.45, 7) is 9.28. The van der Waals surface area contributed by atoms with Gasteiger partial charge in [0.1, 0.15) is 36.3 Å². The Balaban J connectivity index is 2.27. The molecule has 1 aromatic heterocycles. The highest BCUT2D eigenvalue weighted by Gasteiger charge is 2.34. The van der Waals surface area contributed by atoms with Gasteiger partial charge in [0.15, 0.2) is 5.96 Å². The minimum absolute atomic E-state index is 0.0232. The van der Waals surface area contributed by atoms with Crippen LogP contribution in [0.5, 0.6) is 0 Å². The van der Waals surface area contributed by atoms with Gasteiger partial charge in [0.2, 0.25) is 35.4 Å². The molecule has 2 aromatic rings. The van der Waals surface area contributed by atoms with Crippen LogP contribution < -0.4 is 49.1 Å². The van der Waals surface area contributed by atoms with Crippen LogP contribution in [0.15, 0.2) is 35.5 Å². The Bertz CT molecular complexity index is 1760. The number of aliphatic carboxylic acids is 1. The fourth-order valence-corrected chi connectivity index (χ4v) is 5.92. The number of rotatable bonds is 24. The summed E-state index contributed by atoms with van der Waals surface area (Å²) >= 11 is 0. The topological polar surface area (TPSA) is 338 Å². The molecule has 20 nitrogen and oxygen atoms in total.